The van der Waals surface area contributed by atoms with Crippen molar-refractivity contribution in [2.24, 2.45) is 0 Å². The number of hydrogen-bond donors (Lipinski definition) is 1. The Labute approximate surface area is 100 Å². The highest BCUT2D eigenvalue weighted by Crippen LogP contribution is 2.22. The summed E-state index contributed by atoms with van der Waals surface area (Å²) in [5.74, 6) is -0.536. The second-order valence-electron chi connectivity index (χ2n) is 4.17. The van der Waals surface area contributed by atoms with Crippen molar-refractivity contribution in [2.75, 3.05) is 0 Å². The Morgan fingerprint density at radius 1 is 1.47 bits per heavy atom. The lowest BCUT2D eigenvalue weighted by molar-refractivity contribution is -0.137. The lowest BCUT2D eigenvalue weighted by Crippen LogP contribution is -2.08. The summed E-state index contributed by atoms with van der Waals surface area (Å²) in [6, 6.07) is 4.34. The van der Waals surface area contributed by atoms with Gasteiger partial charge in [-0.1, -0.05) is 0 Å². The van der Waals surface area contributed by atoms with Gasteiger partial charge in [-0.15, -0.1) is 0 Å². The van der Waals surface area contributed by atoms with Crippen molar-refractivity contribution in [3.05, 3.63) is 29.6 Å². The quantitative estimate of drug-likeness (QED) is 0.831. The zero-order valence-electron chi connectivity index (χ0n) is 10.1. The van der Waals surface area contributed by atoms with E-state index in [9.17, 15) is 9.18 Å². The first-order chi connectivity index (χ1) is 7.99. The molecule has 0 saturated carbocycles. The van der Waals surface area contributed by atoms with Gasteiger partial charge in [0.15, 0.2) is 0 Å². The van der Waals surface area contributed by atoms with Crippen molar-refractivity contribution in [3.63, 3.8) is 0 Å². The number of halogens is 1. The van der Waals surface area contributed by atoms with Crippen LogP contribution in [-0.2, 0) is 11.2 Å². The average molecular weight is 240 g/mol. The van der Waals surface area contributed by atoms with Gasteiger partial charge in [0.1, 0.15) is 11.6 Å². The summed E-state index contributed by atoms with van der Waals surface area (Å²) >= 11 is 0. The van der Waals surface area contributed by atoms with Gasteiger partial charge in [-0.25, -0.2) is 4.39 Å². The molecule has 0 aromatic heterocycles. The van der Waals surface area contributed by atoms with E-state index in [1.165, 1.54) is 12.1 Å². The maximum atomic E-state index is 13.1. The second kappa shape index (κ2) is 6.23. The normalized spacial score (nSPS) is 10.6. The highest BCUT2D eigenvalue weighted by atomic mass is 19.1. The molecule has 1 rings (SSSR count). The van der Waals surface area contributed by atoms with Gasteiger partial charge in [-0.2, -0.15) is 0 Å². The number of aryl methyl sites for hydroxylation is 1. The number of carbonyl (C=O) groups is 1. The van der Waals surface area contributed by atoms with Crippen LogP contribution in [0, 0.1) is 5.82 Å². The molecule has 0 fully saturated rings. The van der Waals surface area contributed by atoms with Gasteiger partial charge in [-0.3, -0.25) is 4.79 Å². The largest absolute Gasteiger partial charge is 0.491 e. The molecule has 0 aliphatic heterocycles. The molecule has 0 saturated heterocycles. The van der Waals surface area contributed by atoms with E-state index in [1.54, 1.807) is 6.07 Å². The first kappa shape index (κ1) is 13.5. The first-order valence-corrected chi connectivity index (χ1v) is 5.66. The number of benzene rings is 1. The van der Waals surface area contributed by atoms with Crippen LogP contribution in [0.1, 0.15) is 32.3 Å². The molecular formula is C13H17FO3. The fourth-order valence-corrected chi connectivity index (χ4v) is 1.54. The van der Waals surface area contributed by atoms with Crippen molar-refractivity contribution in [1.82, 2.24) is 0 Å². The fraction of sp³-hybridized carbons (Fsp3) is 0.462. The van der Waals surface area contributed by atoms with E-state index in [0.29, 0.717) is 18.6 Å². The minimum Gasteiger partial charge on any atom is -0.491 e. The third kappa shape index (κ3) is 4.85. The van der Waals surface area contributed by atoms with Crippen LogP contribution in [0.15, 0.2) is 18.2 Å². The van der Waals surface area contributed by atoms with E-state index >= 15 is 0 Å². The van der Waals surface area contributed by atoms with Crippen LogP contribution in [0.25, 0.3) is 0 Å². The average Bonchev–Trinajstić information content (AvgIpc) is 2.21. The Balaban J connectivity index is 2.72. The van der Waals surface area contributed by atoms with Gasteiger partial charge >= 0.3 is 5.97 Å². The predicted molar refractivity (Wildman–Crippen MR) is 62.7 cm³/mol. The fourth-order valence-electron chi connectivity index (χ4n) is 1.54. The minimum absolute atomic E-state index is 0.0127. The van der Waals surface area contributed by atoms with Gasteiger partial charge in [-0.05, 0) is 50.5 Å². The molecule has 0 unspecified atom stereocenters. The van der Waals surface area contributed by atoms with Gasteiger partial charge in [0, 0.05) is 6.42 Å². The zero-order valence-corrected chi connectivity index (χ0v) is 10.1. The van der Waals surface area contributed by atoms with Crippen molar-refractivity contribution in [2.45, 2.75) is 39.2 Å². The van der Waals surface area contributed by atoms with E-state index < -0.39 is 5.97 Å². The van der Waals surface area contributed by atoms with Crippen molar-refractivity contribution >= 4 is 5.97 Å². The van der Waals surface area contributed by atoms with Gasteiger partial charge in [0.2, 0.25) is 0 Å². The van der Waals surface area contributed by atoms with Crippen LogP contribution < -0.4 is 4.74 Å². The molecular weight excluding hydrogens is 223 g/mol. The highest BCUT2D eigenvalue weighted by Gasteiger charge is 2.08. The molecule has 0 atom stereocenters. The van der Waals surface area contributed by atoms with Gasteiger partial charge in [0.05, 0.1) is 6.10 Å². The third-order valence-electron chi connectivity index (χ3n) is 2.22. The molecule has 94 valence electrons. The summed E-state index contributed by atoms with van der Waals surface area (Å²) in [6.07, 6.45) is 1.08. The molecule has 1 aromatic carbocycles. The molecule has 0 radical (unpaired) electrons. The van der Waals surface area contributed by atoms with Crippen LogP contribution >= 0.6 is 0 Å². The Kier molecular flexibility index (Phi) is 4.94. The molecule has 1 aromatic rings. The van der Waals surface area contributed by atoms with Crippen LogP contribution in [0.4, 0.5) is 4.39 Å². The topological polar surface area (TPSA) is 46.5 Å². The lowest BCUT2D eigenvalue weighted by atomic mass is 10.1. The molecule has 17 heavy (non-hydrogen) atoms. The summed E-state index contributed by atoms with van der Waals surface area (Å²) in [5, 5.41) is 8.56. The van der Waals surface area contributed by atoms with Crippen LogP contribution in [0.5, 0.6) is 5.75 Å². The maximum Gasteiger partial charge on any atom is 0.303 e. The number of carboxylic acid groups (broad SMARTS) is 1. The molecule has 0 spiro atoms. The smallest absolute Gasteiger partial charge is 0.303 e. The number of carboxylic acids is 1. The Bertz CT molecular complexity index is 388. The lowest BCUT2D eigenvalue weighted by Gasteiger charge is -2.14. The molecule has 0 amide bonds. The molecule has 1 N–H and O–H groups in total. The Morgan fingerprint density at radius 3 is 2.76 bits per heavy atom. The molecule has 3 nitrogen and oxygen atoms in total. The standard InChI is InChI=1S/C13H17FO3/c1-9(2)17-12-7-6-11(14)8-10(12)4-3-5-13(15)16/h6-9H,3-5H2,1-2H3,(H,15,16). The van der Waals surface area contributed by atoms with Crippen molar-refractivity contribution < 1.29 is 19.0 Å². The van der Waals surface area contributed by atoms with Gasteiger partial charge < -0.3 is 9.84 Å². The van der Waals surface area contributed by atoms with Crippen molar-refractivity contribution in [1.29, 1.82) is 0 Å². The second-order valence-corrected chi connectivity index (χ2v) is 4.17. The Hall–Kier alpha value is -1.58. The maximum absolute atomic E-state index is 13.1. The SMILES string of the molecule is CC(C)Oc1ccc(F)cc1CCCC(=O)O. The first-order valence-electron chi connectivity index (χ1n) is 5.66. The van der Waals surface area contributed by atoms with E-state index in [-0.39, 0.29) is 18.3 Å². The highest BCUT2D eigenvalue weighted by molar-refractivity contribution is 5.66. The van der Waals surface area contributed by atoms with E-state index in [4.69, 9.17) is 9.84 Å². The van der Waals surface area contributed by atoms with E-state index in [2.05, 4.69) is 0 Å². The molecule has 0 heterocycles. The van der Waals surface area contributed by atoms with Crippen LogP contribution in [0.2, 0.25) is 0 Å². The predicted octanol–water partition coefficient (Wildman–Crippen LogP) is 3.02. The Morgan fingerprint density at radius 2 is 2.18 bits per heavy atom. The van der Waals surface area contributed by atoms with Crippen LogP contribution in [-0.4, -0.2) is 17.2 Å². The van der Waals surface area contributed by atoms with Crippen LogP contribution in [0.3, 0.4) is 0 Å². The van der Waals surface area contributed by atoms with E-state index in [1.807, 2.05) is 13.8 Å². The molecule has 0 bridgehead atoms. The third-order valence-corrected chi connectivity index (χ3v) is 2.22. The summed E-state index contributed by atoms with van der Waals surface area (Å²) in [6.45, 7) is 3.79. The summed E-state index contributed by atoms with van der Waals surface area (Å²) in [7, 11) is 0. The molecule has 0 aliphatic rings. The zero-order chi connectivity index (χ0) is 12.8. The van der Waals surface area contributed by atoms with Crippen molar-refractivity contribution in [3.8, 4) is 5.75 Å². The minimum atomic E-state index is -0.840. The number of ether oxygens (including phenoxy) is 1. The summed E-state index contributed by atoms with van der Waals surface area (Å²) in [5.41, 5.74) is 0.722. The number of hydrogen-bond acceptors (Lipinski definition) is 2. The van der Waals surface area contributed by atoms with E-state index in [0.717, 1.165) is 5.56 Å². The number of aliphatic carboxylic acids is 1. The molecule has 4 heteroatoms. The van der Waals surface area contributed by atoms with Gasteiger partial charge in [0.25, 0.3) is 0 Å². The molecule has 0 aliphatic carbocycles. The summed E-state index contributed by atoms with van der Waals surface area (Å²) < 4.78 is 18.6. The summed E-state index contributed by atoms with van der Waals surface area (Å²) in [4.78, 5) is 10.4. The number of rotatable bonds is 6. The monoisotopic (exact) mass is 240 g/mol.